The number of hydrogen-bond acceptors (Lipinski definition) is 5. The van der Waals surface area contributed by atoms with Crippen molar-refractivity contribution in [2.24, 2.45) is 5.73 Å². The van der Waals surface area contributed by atoms with Gasteiger partial charge in [-0.15, -0.1) is 0 Å². The number of nitrogens with two attached hydrogens (primary N) is 1. The number of phenols is 1. The molecule has 3 N–H and O–H groups in total. The van der Waals surface area contributed by atoms with Crippen LogP contribution < -0.4 is 5.73 Å². The van der Waals surface area contributed by atoms with Gasteiger partial charge in [0.15, 0.2) is 5.78 Å². The van der Waals surface area contributed by atoms with Gasteiger partial charge in [-0.05, 0) is 24.1 Å². The zero-order chi connectivity index (χ0) is 15.0. The Bertz CT molecular complexity index is 708. The van der Waals surface area contributed by atoms with Gasteiger partial charge in [-0.1, -0.05) is 12.1 Å². The molecule has 1 aromatic carbocycles. The van der Waals surface area contributed by atoms with Crippen LogP contribution in [0.3, 0.4) is 0 Å². The van der Waals surface area contributed by atoms with E-state index in [-0.39, 0.29) is 23.0 Å². The van der Waals surface area contributed by atoms with Gasteiger partial charge in [-0.25, -0.2) is 0 Å². The molecule has 2 aliphatic rings. The molecule has 0 fully saturated rings. The molecule has 0 aromatic heterocycles. The van der Waals surface area contributed by atoms with E-state index in [1.807, 2.05) is 0 Å². The van der Waals surface area contributed by atoms with E-state index in [0.29, 0.717) is 24.2 Å². The summed E-state index contributed by atoms with van der Waals surface area (Å²) in [6, 6.07) is 8.51. The number of nitrogens with zero attached hydrogens (tertiary/aromatic N) is 1. The molecule has 3 rings (SSSR count). The summed E-state index contributed by atoms with van der Waals surface area (Å²) in [5.41, 5.74) is 7.36. The molecule has 0 bridgehead atoms. The molecule has 1 aliphatic heterocycles. The van der Waals surface area contributed by atoms with Crippen LogP contribution >= 0.6 is 0 Å². The lowest BCUT2D eigenvalue weighted by molar-refractivity contribution is -0.116. The highest BCUT2D eigenvalue weighted by Crippen LogP contribution is 2.43. The molecule has 1 heterocycles. The number of Topliss-reactive ketones (excluding diaryl/α,β-unsaturated/α-hetero) is 1. The van der Waals surface area contributed by atoms with Crippen molar-refractivity contribution in [1.82, 2.24) is 0 Å². The van der Waals surface area contributed by atoms with Gasteiger partial charge in [0.2, 0.25) is 5.88 Å². The summed E-state index contributed by atoms with van der Waals surface area (Å²) >= 11 is 0. The molecular weight excluding hydrogens is 268 g/mol. The van der Waals surface area contributed by atoms with E-state index in [0.717, 1.165) is 12.0 Å². The first-order valence-corrected chi connectivity index (χ1v) is 6.74. The molecule has 0 radical (unpaired) electrons. The van der Waals surface area contributed by atoms with Crippen LogP contribution in [-0.4, -0.2) is 10.9 Å². The fourth-order valence-electron chi connectivity index (χ4n) is 2.86. The molecule has 0 amide bonds. The molecule has 1 unspecified atom stereocenters. The van der Waals surface area contributed by atoms with Gasteiger partial charge in [0.25, 0.3) is 0 Å². The fraction of sp³-hybridized carbons (Fsp3) is 0.250. The molecule has 106 valence electrons. The maximum atomic E-state index is 12.3. The van der Waals surface area contributed by atoms with Crippen molar-refractivity contribution in [3.63, 3.8) is 0 Å². The second-order valence-corrected chi connectivity index (χ2v) is 5.13. The monoisotopic (exact) mass is 282 g/mol. The van der Waals surface area contributed by atoms with Crippen LogP contribution in [0, 0.1) is 11.3 Å². The number of carbonyl (C=O) groups excluding carboxylic acids is 1. The first-order valence-electron chi connectivity index (χ1n) is 6.74. The van der Waals surface area contributed by atoms with E-state index in [2.05, 4.69) is 6.07 Å². The van der Waals surface area contributed by atoms with Crippen molar-refractivity contribution < 1.29 is 14.6 Å². The van der Waals surface area contributed by atoms with Crippen LogP contribution in [0.2, 0.25) is 0 Å². The van der Waals surface area contributed by atoms with E-state index in [1.165, 1.54) is 12.1 Å². The van der Waals surface area contributed by atoms with Gasteiger partial charge in [-0.2, -0.15) is 5.26 Å². The number of nitriles is 1. The number of hydrogen-bond donors (Lipinski definition) is 2. The summed E-state index contributed by atoms with van der Waals surface area (Å²) < 4.78 is 5.48. The Balaban J connectivity index is 2.17. The second-order valence-electron chi connectivity index (χ2n) is 5.13. The standard InChI is InChI=1S/C16H14N2O3/c17-8-11-14(9-4-6-10(19)7-5-9)15-12(20)2-1-3-13(15)21-16(11)18/h4-7,14,19H,1-3,18H2. The van der Waals surface area contributed by atoms with E-state index in [1.54, 1.807) is 12.1 Å². The zero-order valence-electron chi connectivity index (χ0n) is 11.3. The smallest absolute Gasteiger partial charge is 0.205 e. The van der Waals surface area contributed by atoms with Gasteiger partial charge in [0.1, 0.15) is 23.2 Å². The largest absolute Gasteiger partial charge is 0.508 e. The highest BCUT2D eigenvalue weighted by Gasteiger charge is 2.37. The molecule has 0 saturated heterocycles. The van der Waals surface area contributed by atoms with Gasteiger partial charge in [0, 0.05) is 18.4 Å². The molecule has 5 nitrogen and oxygen atoms in total. The summed E-state index contributed by atoms with van der Waals surface area (Å²) in [5, 5.41) is 18.8. The van der Waals surface area contributed by atoms with Crippen molar-refractivity contribution in [2.75, 3.05) is 0 Å². The lowest BCUT2D eigenvalue weighted by Gasteiger charge is -2.30. The predicted molar refractivity (Wildman–Crippen MR) is 74.6 cm³/mol. The van der Waals surface area contributed by atoms with Crippen LogP contribution in [0.4, 0.5) is 0 Å². The number of allylic oxidation sites excluding steroid dienone is 3. The summed E-state index contributed by atoms with van der Waals surface area (Å²) in [6.07, 6.45) is 1.83. The van der Waals surface area contributed by atoms with E-state index in [9.17, 15) is 15.2 Å². The van der Waals surface area contributed by atoms with Gasteiger partial charge in [0.05, 0.1) is 5.92 Å². The third-order valence-electron chi connectivity index (χ3n) is 3.83. The van der Waals surface area contributed by atoms with Gasteiger partial charge < -0.3 is 15.6 Å². The maximum Gasteiger partial charge on any atom is 0.205 e. The SMILES string of the molecule is N#CC1=C(N)OC2=C(C(=O)CCC2)C1c1ccc(O)cc1. The number of benzene rings is 1. The van der Waals surface area contributed by atoms with E-state index < -0.39 is 5.92 Å². The summed E-state index contributed by atoms with van der Waals surface area (Å²) in [6.45, 7) is 0. The van der Waals surface area contributed by atoms with Crippen molar-refractivity contribution in [1.29, 1.82) is 5.26 Å². The summed E-state index contributed by atoms with van der Waals surface area (Å²) in [5.74, 6) is 0.247. The van der Waals surface area contributed by atoms with Crippen molar-refractivity contribution in [2.45, 2.75) is 25.2 Å². The number of carbonyl (C=O) groups is 1. The minimum absolute atomic E-state index is 0.00502. The minimum atomic E-state index is -0.507. The Morgan fingerprint density at radius 3 is 2.67 bits per heavy atom. The van der Waals surface area contributed by atoms with Gasteiger partial charge in [-0.3, -0.25) is 4.79 Å². The zero-order valence-corrected chi connectivity index (χ0v) is 11.3. The lowest BCUT2D eigenvalue weighted by atomic mass is 9.77. The fourth-order valence-corrected chi connectivity index (χ4v) is 2.86. The first-order chi connectivity index (χ1) is 10.1. The highest BCUT2D eigenvalue weighted by atomic mass is 16.5. The highest BCUT2D eigenvalue weighted by molar-refractivity contribution is 5.99. The van der Waals surface area contributed by atoms with Crippen LogP contribution in [-0.2, 0) is 9.53 Å². The van der Waals surface area contributed by atoms with Crippen LogP contribution in [0.1, 0.15) is 30.7 Å². The van der Waals surface area contributed by atoms with Gasteiger partial charge >= 0.3 is 0 Å². The molecule has 1 aromatic rings. The van der Waals surface area contributed by atoms with Crippen LogP contribution in [0.25, 0.3) is 0 Å². The van der Waals surface area contributed by atoms with Crippen LogP contribution in [0.5, 0.6) is 5.75 Å². The number of phenolic OH excluding ortho intramolecular Hbond substituents is 1. The van der Waals surface area contributed by atoms with Crippen molar-refractivity contribution >= 4 is 5.78 Å². The Kier molecular flexibility index (Phi) is 3.15. The average Bonchev–Trinajstić information content (AvgIpc) is 2.47. The normalized spacial score (nSPS) is 21.7. The Hall–Kier alpha value is -2.74. The molecular formula is C16H14N2O3. The van der Waals surface area contributed by atoms with Crippen molar-refractivity contribution in [3.05, 3.63) is 52.6 Å². The summed E-state index contributed by atoms with van der Waals surface area (Å²) in [7, 11) is 0. The molecule has 0 spiro atoms. The number of ether oxygens (including phenoxy) is 1. The van der Waals surface area contributed by atoms with Crippen molar-refractivity contribution in [3.8, 4) is 11.8 Å². The molecule has 5 heteroatoms. The third kappa shape index (κ3) is 2.15. The Morgan fingerprint density at radius 1 is 1.29 bits per heavy atom. The minimum Gasteiger partial charge on any atom is -0.508 e. The first kappa shape index (κ1) is 13.3. The maximum absolute atomic E-state index is 12.3. The Morgan fingerprint density at radius 2 is 2.00 bits per heavy atom. The Labute approximate surface area is 121 Å². The number of aromatic hydroxyl groups is 1. The van der Waals surface area contributed by atoms with Crippen LogP contribution in [0.15, 0.2) is 47.1 Å². The quantitative estimate of drug-likeness (QED) is 0.823. The number of ketones is 1. The number of rotatable bonds is 1. The topological polar surface area (TPSA) is 96.3 Å². The van der Waals surface area contributed by atoms with E-state index >= 15 is 0 Å². The second kappa shape index (κ2) is 4.98. The predicted octanol–water partition coefficient (Wildman–Crippen LogP) is 2.21. The molecule has 0 saturated carbocycles. The third-order valence-corrected chi connectivity index (χ3v) is 3.83. The molecule has 1 atom stereocenters. The summed E-state index contributed by atoms with van der Waals surface area (Å²) in [4.78, 5) is 12.3. The average molecular weight is 282 g/mol. The molecule has 1 aliphatic carbocycles. The lowest BCUT2D eigenvalue weighted by Crippen LogP contribution is -2.27. The molecule has 21 heavy (non-hydrogen) atoms. The van der Waals surface area contributed by atoms with E-state index in [4.69, 9.17) is 10.5 Å².